The number of hydrogen-bond acceptors (Lipinski definition) is 3. The number of nitrogens with one attached hydrogen (secondary N) is 3. The lowest BCUT2D eigenvalue weighted by Gasteiger charge is -2.21. The van der Waals surface area contributed by atoms with Crippen LogP contribution in [0.2, 0.25) is 0 Å². The molecule has 1 aliphatic heterocycles. The van der Waals surface area contributed by atoms with Gasteiger partial charge in [-0.2, -0.15) is 5.10 Å². The van der Waals surface area contributed by atoms with E-state index >= 15 is 0 Å². The van der Waals surface area contributed by atoms with Gasteiger partial charge in [-0.1, -0.05) is 39.3 Å². The van der Waals surface area contributed by atoms with Crippen molar-refractivity contribution in [2.24, 2.45) is 16.9 Å². The van der Waals surface area contributed by atoms with Crippen molar-refractivity contribution < 1.29 is 9.59 Å². The first-order valence-corrected chi connectivity index (χ1v) is 7.97. The maximum absolute atomic E-state index is 12.2. The Balaban J connectivity index is 2.05. The van der Waals surface area contributed by atoms with Crippen LogP contribution in [0.3, 0.4) is 0 Å². The number of amides is 3. The molecule has 3 N–H and O–H groups in total. The van der Waals surface area contributed by atoms with Crippen LogP contribution in [0.15, 0.2) is 29.4 Å². The molecule has 0 saturated carbocycles. The lowest BCUT2D eigenvalue weighted by atomic mass is 9.93. The Morgan fingerprint density at radius 2 is 1.96 bits per heavy atom. The molecule has 6 heteroatoms. The molecular formula is C17H24N4O2. The smallest absolute Gasteiger partial charge is 0.328 e. The first-order chi connectivity index (χ1) is 10.9. The van der Waals surface area contributed by atoms with Gasteiger partial charge in [0.2, 0.25) is 5.91 Å². The van der Waals surface area contributed by atoms with E-state index in [-0.39, 0.29) is 23.9 Å². The summed E-state index contributed by atoms with van der Waals surface area (Å²) in [5.41, 5.74) is 4.83. The van der Waals surface area contributed by atoms with E-state index in [2.05, 4.69) is 35.0 Å². The third-order valence-electron chi connectivity index (χ3n) is 4.39. The second-order valence-corrected chi connectivity index (χ2v) is 6.04. The zero-order chi connectivity index (χ0) is 17.0. The van der Waals surface area contributed by atoms with Crippen molar-refractivity contribution in [3.63, 3.8) is 0 Å². The SMILES string of the molecule is CCC(C)C(C)C(=O)Nc1ccc(C2=NNC(=O)NC2C)cc1. The van der Waals surface area contributed by atoms with Crippen LogP contribution in [0.1, 0.15) is 39.7 Å². The zero-order valence-electron chi connectivity index (χ0n) is 14.0. The van der Waals surface area contributed by atoms with Gasteiger partial charge in [0.05, 0.1) is 11.8 Å². The van der Waals surface area contributed by atoms with Crippen molar-refractivity contribution >= 4 is 23.3 Å². The van der Waals surface area contributed by atoms with E-state index < -0.39 is 0 Å². The highest BCUT2D eigenvalue weighted by Crippen LogP contribution is 2.18. The molecule has 0 fully saturated rings. The summed E-state index contributed by atoms with van der Waals surface area (Å²) < 4.78 is 0. The molecule has 0 saturated heterocycles. The lowest BCUT2D eigenvalue weighted by molar-refractivity contribution is -0.120. The molecule has 3 amide bonds. The monoisotopic (exact) mass is 316 g/mol. The van der Waals surface area contributed by atoms with E-state index in [0.29, 0.717) is 5.92 Å². The Morgan fingerprint density at radius 1 is 1.30 bits per heavy atom. The van der Waals surface area contributed by atoms with Crippen molar-refractivity contribution in [3.05, 3.63) is 29.8 Å². The number of rotatable bonds is 5. The number of urea groups is 1. The topological polar surface area (TPSA) is 82.6 Å². The summed E-state index contributed by atoms with van der Waals surface area (Å²) in [6, 6.07) is 7.01. The van der Waals surface area contributed by atoms with E-state index in [0.717, 1.165) is 23.4 Å². The first-order valence-electron chi connectivity index (χ1n) is 7.97. The fourth-order valence-corrected chi connectivity index (χ4v) is 2.41. The predicted octanol–water partition coefficient (Wildman–Crippen LogP) is 2.71. The molecule has 1 heterocycles. The Morgan fingerprint density at radius 3 is 2.52 bits per heavy atom. The number of benzene rings is 1. The second kappa shape index (κ2) is 7.26. The summed E-state index contributed by atoms with van der Waals surface area (Å²) in [5, 5.41) is 9.78. The summed E-state index contributed by atoms with van der Waals surface area (Å²) in [7, 11) is 0. The number of carbonyl (C=O) groups excluding carboxylic acids is 2. The van der Waals surface area contributed by atoms with Gasteiger partial charge < -0.3 is 10.6 Å². The average molecular weight is 316 g/mol. The second-order valence-electron chi connectivity index (χ2n) is 6.04. The molecule has 23 heavy (non-hydrogen) atoms. The van der Waals surface area contributed by atoms with Gasteiger partial charge in [0.25, 0.3) is 0 Å². The molecule has 124 valence electrons. The number of anilines is 1. The van der Waals surface area contributed by atoms with Crippen LogP contribution < -0.4 is 16.1 Å². The molecule has 0 spiro atoms. The van der Waals surface area contributed by atoms with Gasteiger partial charge in [0.1, 0.15) is 0 Å². The minimum Gasteiger partial charge on any atom is -0.328 e. The van der Waals surface area contributed by atoms with Gasteiger partial charge in [0, 0.05) is 17.2 Å². The Hall–Kier alpha value is -2.37. The minimum absolute atomic E-state index is 0.0261. The summed E-state index contributed by atoms with van der Waals surface area (Å²) in [6.45, 7) is 7.99. The molecule has 1 aromatic carbocycles. The van der Waals surface area contributed by atoms with Crippen LogP contribution in [0.25, 0.3) is 0 Å². The van der Waals surface area contributed by atoms with Gasteiger partial charge in [0.15, 0.2) is 0 Å². The molecule has 6 nitrogen and oxygen atoms in total. The van der Waals surface area contributed by atoms with Crippen LogP contribution in [0, 0.1) is 11.8 Å². The maximum Gasteiger partial charge on any atom is 0.335 e. The van der Waals surface area contributed by atoms with Crippen molar-refractivity contribution in [3.8, 4) is 0 Å². The molecule has 1 aliphatic rings. The summed E-state index contributed by atoms with van der Waals surface area (Å²) in [4.78, 5) is 23.4. The van der Waals surface area contributed by atoms with Crippen molar-refractivity contribution in [1.82, 2.24) is 10.7 Å². The van der Waals surface area contributed by atoms with Gasteiger partial charge in [-0.3, -0.25) is 4.79 Å². The van der Waals surface area contributed by atoms with Crippen LogP contribution in [-0.2, 0) is 4.79 Å². The van der Waals surface area contributed by atoms with Crippen LogP contribution in [0.4, 0.5) is 10.5 Å². The minimum atomic E-state index is -0.302. The molecule has 0 aliphatic carbocycles. The van der Waals surface area contributed by atoms with E-state index in [1.807, 2.05) is 38.1 Å². The molecule has 2 rings (SSSR count). The van der Waals surface area contributed by atoms with E-state index in [4.69, 9.17) is 0 Å². The molecule has 1 aromatic rings. The highest BCUT2D eigenvalue weighted by Gasteiger charge is 2.21. The molecule has 0 bridgehead atoms. The van der Waals surface area contributed by atoms with E-state index in [1.165, 1.54) is 0 Å². The van der Waals surface area contributed by atoms with E-state index in [9.17, 15) is 9.59 Å². The normalized spacial score (nSPS) is 19.9. The summed E-state index contributed by atoms with van der Waals surface area (Å²) >= 11 is 0. The molecule has 3 unspecified atom stereocenters. The summed E-state index contributed by atoms with van der Waals surface area (Å²) in [6.07, 6.45) is 0.976. The van der Waals surface area contributed by atoms with Gasteiger partial charge >= 0.3 is 6.03 Å². The zero-order valence-corrected chi connectivity index (χ0v) is 14.0. The first kappa shape index (κ1) is 17.0. The highest BCUT2D eigenvalue weighted by atomic mass is 16.2. The third-order valence-corrected chi connectivity index (χ3v) is 4.39. The van der Waals surface area contributed by atoms with E-state index in [1.54, 1.807) is 0 Å². The molecule has 0 radical (unpaired) electrons. The van der Waals surface area contributed by atoms with Crippen molar-refractivity contribution in [1.29, 1.82) is 0 Å². The van der Waals surface area contributed by atoms with Gasteiger partial charge in [-0.25, -0.2) is 10.2 Å². The van der Waals surface area contributed by atoms with Crippen LogP contribution in [-0.4, -0.2) is 23.7 Å². The number of carbonyl (C=O) groups is 2. The van der Waals surface area contributed by atoms with Crippen molar-refractivity contribution in [2.45, 2.75) is 40.2 Å². The quantitative estimate of drug-likeness (QED) is 0.780. The Kier molecular flexibility index (Phi) is 5.36. The molecular weight excluding hydrogens is 292 g/mol. The number of hydrazone groups is 1. The fraction of sp³-hybridized carbons (Fsp3) is 0.471. The van der Waals surface area contributed by atoms with Crippen molar-refractivity contribution in [2.75, 3.05) is 5.32 Å². The molecule has 3 atom stereocenters. The number of hydrogen-bond donors (Lipinski definition) is 3. The largest absolute Gasteiger partial charge is 0.335 e. The summed E-state index contributed by atoms with van der Waals surface area (Å²) in [5.74, 6) is 0.354. The Bertz CT molecular complexity index is 610. The lowest BCUT2D eigenvalue weighted by Crippen LogP contribution is -2.48. The highest BCUT2D eigenvalue weighted by molar-refractivity contribution is 6.07. The number of nitrogens with zero attached hydrogens (tertiary/aromatic N) is 1. The van der Waals surface area contributed by atoms with Gasteiger partial charge in [-0.15, -0.1) is 0 Å². The Labute approximate surface area is 136 Å². The molecule has 0 aromatic heterocycles. The van der Waals surface area contributed by atoms with Gasteiger partial charge in [-0.05, 0) is 25.0 Å². The predicted molar refractivity (Wildman–Crippen MR) is 91.4 cm³/mol. The van der Waals surface area contributed by atoms with Crippen LogP contribution in [0.5, 0.6) is 0 Å². The average Bonchev–Trinajstić information content (AvgIpc) is 2.54. The van der Waals surface area contributed by atoms with Crippen LogP contribution >= 0.6 is 0 Å². The maximum atomic E-state index is 12.2. The third kappa shape index (κ3) is 4.09. The fourth-order valence-electron chi connectivity index (χ4n) is 2.41. The standard InChI is InChI=1S/C17H24N4O2/c1-5-10(2)11(3)16(22)19-14-8-6-13(7-9-14)15-12(4)18-17(23)21-20-15/h6-12H,5H2,1-4H3,(H,19,22)(H2,18,21,23).